The molecule has 0 aromatic carbocycles. The van der Waals surface area contributed by atoms with E-state index in [0.717, 1.165) is 24.6 Å². The van der Waals surface area contributed by atoms with Crippen LogP contribution < -0.4 is 10.2 Å². The quantitative estimate of drug-likeness (QED) is 0.871. The number of nitrogens with zero attached hydrogens (tertiary/aromatic N) is 3. The molecule has 1 unspecified atom stereocenters. The van der Waals surface area contributed by atoms with Crippen molar-refractivity contribution in [1.29, 1.82) is 0 Å². The standard InChI is InChI=1S/C14H26N4/c1-7-15-10-12-8-9-13(17-16-12)18(6)11(2)14(3,4)5/h8-9,11,15H,7,10H2,1-6H3. The highest BCUT2D eigenvalue weighted by atomic mass is 15.3. The van der Waals surface area contributed by atoms with Crippen LogP contribution in [0.15, 0.2) is 12.1 Å². The van der Waals surface area contributed by atoms with Gasteiger partial charge < -0.3 is 10.2 Å². The number of hydrogen-bond donors (Lipinski definition) is 1. The molecule has 0 bridgehead atoms. The van der Waals surface area contributed by atoms with Crippen molar-refractivity contribution in [2.45, 2.75) is 47.2 Å². The van der Waals surface area contributed by atoms with Crippen LogP contribution >= 0.6 is 0 Å². The van der Waals surface area contributed by atoms with Crippen LogP contribution in [-0.2, 0) is 6.54 Å². The zero-order valence-corrected chi connectivity index (χ0v) is 12.5. The Morgan fingerprint density at radius 2 is 1.94 bits per heavy atom. The fraction of sp³-hybridized carbons (Fsp3) is 0.714. The highest BCUT2D eigenvalue weighted by molar-refractivity contribution is 5.37. The van der Waals surface area contributed by atoms with E-state index < -0.39 is 0 Å². The van der Waals surface area contributed by atoms with Gasteiger partial charge in [0.05, 0.1) is 5.69 Å². The number of hydrogen-bond acceptors (Lipinski definition) is 4. The van der Waals surface area contributed by atoms with Crippen molar-refractivity contribution in [2.24, 2.45) is 5.41 Å². The molecule has 0 aliphatic heterocycles. The zero-order valence-electron chi connectivity index (χ0n) is 12.5. The summed E-state index contributed by atoms with van der Waals surface area (Å²) in [4.78, 5) is 2.18. The minimum absolute atomic E-state index is 0.221. The summed E-state index contributed by atoms with van der Waals surface area (Å²) >= 11 is 0. The summed E-state index contributed by atoms with van der Waals surface area (Å²) in [6.07, 6.45) is 0. The third kappa shape index (κ3) is 3.95. The largest absolute Gasteiger partial charge is 0.355 e. The molecule has 1 aromatic rings. The Morgan fingerprint density at radius 3 is 2.39 bits per heavy atom. The first-order valence-corrected chi connectivity index (χ1v) is 6.62. The summed E-state index contributed by atoms with van der Waals surface area (Å²) < 4.78 is 0. The molecule has 4 heteroatoms. The molecule has 0 saturated heterocycles. The molecule has 0 saturated carbocycles. The van der Waals surface area contributed by atoms with Crippen LogP contribution in [0.4, 0.5) is 5.82 Å². The number of nitrogens with one attached hydrogen (secondary N) is 1. The Balaban J connectivity index is 2.72. The molecule has 0 radical (unpaired) electrons. The highest BCUT2D eigenvalue weighted by Crippen LogP contribution is 2.25. The molecule has 4 nitrogen and oxygen atoms in total. The predicted molar refractivity (Wildman–Crippen MR) is 76.7 cm³/mol. The van der Waals surface area contributed by atoms with E-state index in [4.69, 9.17) is 0 Å². The Morgan fingerprint density at radius 1 is 1.28 bits per heavy atom. The lowest BCUT2D eigenvalue weighted by molar-refractivity contribution is 0.328. The van der Waals surface area contributed by atoms with Crippen molar-refractivity contribution >= 4 is 5.82 Å². The van der Waals surface area contributed by atoms with Crippen LogP contribution in [0, 0.1) is 5.41 Å². The minimum atomic E-state index is 0.221. The summed E-state index contributed by atoms with van der Waals surface area (Å²) in [6.45, 7) is 12.7. The lowest BCUT2D eigenvalue weighted by Crippen LogP contribution is -2.39. The molecule has 1 aromatic heterocycles. The van der Waals surface area contributed by atoms with Gasteiger partial charge in [0, 0.05) is 19.6 Å². The molecule has 0 aliphatic rings. The molecule has 1 N–H and O–H groups in total. The first-order valence-electron chi connectivity index (χ1n) is 6.62. The molecule has 0 amide bonds. The van der Waals surface area contributed by atoms with Gasteiger partial charge in [-0.05, 0) is 31.0 Å². The van der Waals surface area contributed by atoms with E-state index in [1.165, 1.54) is 0 Å². The van der Waals surface area contributed by atoms with Crippen molar-refractivity contribution in [1.82, 2.24) is 15.5 Å². The second-order valence-electron chi connectivity index (χ2n) is 5.82. The summed E-state index contributed by atoms with van der Waals surface area (Å²) in [5.41, 5.74) is 1.20. The average Bonchev–Trinajstić information content (AvgIpc) is 2.34. The lowest BCUT2D eigenvalue weighted by atomic mass is 9.87. The number of rotatable bonds is 5. The van der Waals surface area contributed by atoms with Crippen LogP contribution in [0.1, 0.15) is 40.3 Å². The van der Waals surface area contributed by atoms with Crippen LogP contribution in [0.3, 0.4) is 0 Å². The minimum Gasteiger partial charge on any atom is -0.355 e. The van der Waals surface area contributed by atoms with Crippen LogP contribution in [0.25, 0.3) is 0 Å². The molecule has 102 valence electrons. The molecule has 0 spiro atoms. The van der Waals surface area contributed by atoms with Crippen molar-refractivity contribution in [3.8, 4) is 0 Å². The van der Waals surface area contributed by atoms with E-state index >= 15 is 0 Å². The molecule has 1 heterocycles. The van der Waals surface area contributed by atoms with E-state index in [-0.39, 0.29) is 5.41 Å². The third-order valence-corrected chi connectivity index (χ3v) is 3.46. The first kappa shape index (κ1) is 14.9. The van der Waals surface area contributed by atoms with Crippen molar-refractivity contribution in [2.75, 3.05) is 18.5 Å². The Kier molecular flexibility index (Phi) is 5.08. The Bertz CT molecular complexity index is 353. The second-order valence-corrected chi connectivity index (χ2v) is 5.82. The van der Waals surface area contributed by atoms with Crippen molar-refractivity contribution in [3.05, 3.63) is 17.8 Å². The average molecular weight is 250 g/mol. The fourth-order valence-electron chi connectivity index (χ4n) is 1.67. The summed E-state index contributed by atoms with van der Waals surface area (Å²) in [5, 5.41) is 11.8. The predicted octanol–water partition coefficient (Wildman–Crippen LogP) is 2.46. The Hall–Kier alpha value is -1.16. The zero-order chi connectivity index (χ0) is 13.8. The maximum atomic E-state index is 4.30. The lowest BCUT2D eigenvalue weighted by Gasteiger charge is -2.35. The molecular weight excluding hydrogens is 224 g/mol. The monoisotopic (exact) mass is 250 g/mol. The Labute approximate surface area is 111 Å². The van der Waals surface area contributed by atoms with Crippen LogP contribution in [0.5, 0.6) is 0 Å². The number of aromatic nitrogens is 2. The highest BCUT2D eigenvalue weighted by Gasteiger charge is 2.24. The molecule has 1 atom stereocenters. The smallest absolute Gasteiger partial charge is 0.151 e. The molecule has 0 aliphatic carbocycles. The van der Waals surface area contributed by atoms with E-state index in [1.807, 2.05) is 12.1 Å². The van der Waals surface area contributed by atoms with E-state index in [2.05, 4.69) is 62.1 Å². The van der Waals surface area contributed by atoms with Gasteiger partial charge in [-0.25, -0.2) is 0 Å². The number of anilines is 1. The summed E-state index contributed by atoms with van der Waals surface area (Å²) in [7, 11) is 2.07. The SMILES string of the molecule is CCNCc1ccc(N(C)C(C)C(C)(C)C)nn1. The first-order chi connectivity index (χ1) is 8.36. The van der Waals surface area contributed by atoms with Crippen LogP contribution in [0.2, 0.25) is 0 Å². The van der Waals surface area contributed by atoms with Gasteiger partial charge in [-0.15, -0.1) is 5.10 Å². The van der Waals surface area contributed by atoms with Gasteiger partial charge in [0.25, 0.3) is 0 Å². The van der Waals surface area contributed by atoms with Gasteiger partial charge in [-0.3, -0.25) is 0 Å². The van der Waals surface area contributed by atoms with Gasteiger partial charge in [0.2, 0.25) is 0 Å². The van der Waals surface area contributed by atoms with Crippen LogP contribution in [-0.4, -0.2) is 29.8 Å². The molecule has 0 fully saturated rings. The van der Waals surface area contributed by atoms with Gasteiger partial charge in [-0.2, -0.15) is 5.10 Å². The van der Waals surface area contributed by atoms with Gasteiger partial charge in [0.1, 0.15) is 0 Å². The third-order valence-electron chi connectivity index (χ3n) is 3.46. The maximum absolute atomic E-state index is 4.30. The van der Waals surface area contributed by atoms with Gasteiger partial charge >= 0.3 is 0 Å². The normalized spacial score (nSPS) is 13.4. The van der Waals surface area contributed by atoms with Crippen molar-refractivity contribution in [3.63, 3.8) is 0 Å². The van der Waals surface area contributed by atoms with Gasteiger partial charge in [-0.1, -0.05) is 27.7 Å². The van der Waals surface area contributed by atoms with E-state index in [0.29, 0.717) is 6.04 Å². The topological polar surface area (TPSA) is 41.0 Å². The molecular formula is C14H26N4. The molecule has 1 rings (SSSR count). The summed E-state index contributed by atoms with van der Waals surface area (Å²) in [5.74, 6) is 0.928. The fourth-order valence-corrected chi connectivity index (χ4v) is 1.67. The second kappa shape index (κ2) is 6.14. The van der Waals surface area contributed by atoms with Gasteiger partial charge in [0.15, 0.2) is 5.82 Å². The van der Waals surface area contributed by atoms with E-state index in [1.54, 1.807) is 0 Å². The van der Waals surface area contributed by atoms with Crippen molar-refractivity contribution < 1.29 is 0 Å². The molecule has 18 heavy (non-hydrogen) atoms. The van der Waals surface area contributed by atoms with E-state index in [9.17, 15) is 0 Å². The summed E-state index contributed by atoms with van der Waals surface area (Å²) in [6, 6.07) is 4.49. The maximum Gasteiger partial charge on any atom is 0.151 e.